The van der Waals surface area contributed by atoms with E-state index >= 15 is 0 Å². The highest BCUT2D eigenvalue weighted by Gasteiger charge is 2.20. The number of aromatic nitrogens is 1. The lowest BCUT2D eigenvalue weighted by molar-refractivity contribution is 0.737. The molecule has 12 heavy (non-hydrogen) atoms. The molecule has 1 aromatic heterocycles. The number of hydrazone groups is 1. The molecule has 3 nitrogen and oxygen atoms in total. The third-order valence-corrected chi connectivity index (χ3v) is 2.38. The highest BCUT2D eigenvalue weighted by Crippen LogP contribution is 2.18. The molecular formula is C8H11N3S. The fourth-order valence-electron chi connectivity index (χ4n) is 0.849. The van der Waals surface area contributed by atoms with E-state index < -0.39 is 0 Å². The molecule has 0 atom stereocenters. The Kier molecular flexibility index (Phi) is 2.08. The smallest absolute Gasteiger partial charge is 0.0968 e. The Labute approximate surface area is 75.5 Å². The Morgan fingerprint density at radius 1 is 1.75 bits per heavy atom. The Morgan fingerprint density at radius 2 is 2.58 bits per heavy atom. The van der Waals surface area contributed by atoms with Crippen molar-refractivity contribution in [2.75, 3.05) is 0 Å². The predicted octanol–water partition coefficient (Wildman–Crippen LogP) is 1.62. The van der Waals surface area contributed by atoms with Crippen LogP contribution >= 0.6 is 11.3 Å². The summed E-state index contributed by atoms with van der Waals surface area (Å²) in [4.78, 5) is 4.16. The lowest BCUT2D eigenvalue weighted by Gasteiger charge is -1.97. The van der Waals surface area contributed by atoms with E-state index in [-0.39, 0.29) is 0 Å². The van der Waals surface area contributed by atoms with Gasteiger partial charge in [-0.3, -0.25) is 0 Å². The van der Waals surface area contributed by atoms with E-state index in [1.165, 1.54) is 12.8 Å². The van der Waals surface area contributed by atoms with Crippen LogP contribution in [0.25, 0.3) is 0 Å². The Hall–Kier alpha value is -0.900. The molecule has 1 N–H and O–H groups in total. The maximum absolute atomic E-state index is 4.24. The molecule has 2 rings (SSSR count). The van der Waals surface area contributed by atoms with E-state index in [9.17, 15) is 0 Å². The molecular weight excluding hydrogens is 170 g/mol. The third kappa shape index (κ3) is 1.82. The van der Waals surface area contributed by atoms with Crippen molar-refractivity contribution >= 4 is 17.0 Å². The van der Waals surface area contributed by atoms with Crippen LogP contribution in [0.2, 0.25) is 0 Å². The molecule has 1 aromatic rings. The molecule has 0 saturated heterocycles. The summed E-state index contributed by atoms with van der Waals surface area (Å²) >= 11 is 1.60. The molecule has 0 aliphatic heterocycles. The largest absolute Gasteiger partial charge is 0.307 e. The van der Waals surface area contributed by atoms with Crippen molar-refractivity contribution in [3.8, 4) is 0 Å². The number of hydrogen-bond acceptors (Lipinski definition) is 4. The lowest BCUT2D eigenvalue weighted by Crippen LogP contribution is -2.11. The minimum Gasteiger partial charge on any atom is -0.307 e. The van der Waals surface area contributed by atoms with E-state index in [4.69, 9.17) is 0 Å². The second-order valence-electron chi connectivity index (χ2n) is 2.97. The zero-order valence-corrected chi connectivity index (χ0v) is 7.77. The van der Waals surface area contributed by atoms with Gasteiger partial charge in [-0.15, -0.1) is 11.3 Å². The Bertz CT molecular complexity index is 275. The number of nitrogens with zero attached hydrogens (tertiary/aromatic N) is 2. The topological polar surface area (TPSA) is 37.3 Å². The van der Waals surface area contributed by atoms with Gasteiger partial charge in [0, 0.05) is 11.4 Å². The fourth-order valence-corrected chi connectivity index (χ4v) is 1.44. The van der Waals surface area contributed by atoms with Crippen LogP contribution in [-0.2, 0) is 0 Å². The predicted molar refractivity (Wildman–Crippen MR) is 50.5 cm³/mol. The van der Waals surface area contributed by atoms with Crippen molar-refractivity contribution in [3.05, 3.63) is 16.6 Å². The molecule has 4 heteroatoms. The van der Waals surface area contributed by atoms with E-state index in [1.54, 1.807) is 11.3 Å². The number of thiazole rings is 1. The molecule has 1 fully saturated rings. The van der Waals surface area contributed by atoms with Crippen LogP contribution in [0.5, 0.6) is 0 Å². The maximum atomic E-state index is 4.24. The summed E-state index contributed by atoms with van der Waals surface area (Å²) in [5, 5.41) is 6.25. The van der Waals surface area contributed by atoms with Crippen LogP contribution < -0.4 is 5.43 Å². The van der Waals surface area contributed by atoms with Crippen LogP contribution in [0.4, 0.5) is 0 Å². The second kappa shape index (κ2) is 3.23. The first-order valence-corrected chi connectivity index (χ1v) is 4.99. The van der Waals surface area contributed by atoms with Gasteiger partial charge >= 0.3 is 0 Å². The van der Waals surface area contributed by atoms with Crippen molar-refractivity contribution in [2.45, 2.75) is 25.8 Å². The van der Waals surface area contributed by atoms with Gasteiger partial charge in [-0.25, -0.2) is 4.98 Å². The van der Waals surface area contributed by atoms with Gasteiger partial charge in [0.1, 0.15) is 0 Å². The van der Waals surface area contributed by atoms with Gasteiger partial charge in [0.25, 0.3) is 0 Å². The summed E-state index contributed by atoms with van der Waals surface area (Å²) in [6, 6.07) is 0.624. The summed E-state index contributed by atoms with van der Waals surface area (Å²) in [5.41, 5.74) is 6.88. The first-order chi connectivity index (χ1) is 5.86. The fraction of sp³-hybridized carbons (Fsp3) is 0.500. The molecule has 1 aliphatic carbocycles. The van der Waals surface area contributed by atoms with Gasteiger partial charge in [0.2, 0.25) is 0 Å². The minimum atomic E-state index is 0.624. The molecule has 0 aromatic carbocycles. The van der Waals surface area contributed by atoms with Crippen molar-refractivity contribution < 1.29 is 0 Å². The zero-order chi connectivity index (χ0) is 8.39. The first-order valence-electron chi connectivity index (χ1n) is 4.04. The highest BCUT2D eigenvalue weighted by molar-refractivity contribution is 7.07. The van der Waals surface area contributed by atoms with Crippen molar-refractivity contribution in [1.29, 1.82) is 0 Å². The second-order valence-corrected chi connectivity index (χ2v) is 3.69. The molecule has 0 amide bonds. The van der Waals surface area contributed by atoms with Crippen LogP contribution in [0, 0.1) is 0 Å². The summed E-state index contributed by atoms with van der Waals surface area (Å²) in [6.45, 7) is 1.98. The summed E-state index contributed by atoms with van der Waals surface area (Å²) in [7, 11) is 0. The SMILES string of the molecule is C/C(=N\NC1CC1)c1cscn1. The highest BCUT2D eigenvalue weighted by atomic mass is 32.1. The van der Waals surface area contributed by atoms with Crippen LogP contribution in [0.15, 0.2) is 16.0 Å². The van der Waals surface area contributed by atoms with Gasteiger partial charge in [-0.2, -0.15) is 5.10 Å². The Morgan fingerprint density at radius 3 is 3.17 bits per heavy atom. The van der Waals surface area contributed by atoms with Crippen LogP contribution in [0.3, 0.4) is 0 Å². The first kappa shape index (κ1) is 7.73. The van der Waals surface area contributed by atoms with E-state index in [1.807, 2.05) is 17.8 Å². The average molecular weight is 181 g/mol. The third-order valence-electron chi connectivity index (χ3n) is 1.80. The molecule has 64 valence electrons. The quantitative estimate of drug-likeness (QED) is 0.568. The Balaban J connectivity index is 1.98. The summed E-state index contributed by atoms with van der Waals surface area (Å²) in [6.07, 6.45) is 2.52. The summed E-state index contributed by atoms with van der Waals surface area (Å²) < 4.78 is 0. The molecule has 1 saturated carbocycles. The lowest BCUT2D eigenvalue weighted by atomic mass is 10.3. The molecule has 1 aliphatic rings. The molecule has 1 heterocycles. The van der Waals surface area contributed by atoms with Gasteiger partial charge in [-0.05, 0) is 19.8 Å². The normalized spacial score (nSPS) is 17.9. The molecule has 0 bridgehead atoms. The number of hydrogen-bond donors (Lipinski definition) is 1. The van der Waals surface area contributed by atoms with E-state index in [0.29, 0.717) is 6.04 Å². The standard InChI is InChI=1S/C8H11N3S/c1-6(8-4-12-5-9-8)10-11-7-2-3-7/h4-5,7,11H,2-3H2,1H3/b10-6+. The van der Waals surface area contributed by atoms with E-state index in [0.717, 1.165) is 11.4 Å². The number of nitrogens with one attached hydrogen (secondary N) is 1. The minimum absolute atomic E-state index is 0.624. The van der Waals surface area contributed by atoms with Gasteiger partial charge in [-0.1, -0.05) is 0 Å². The summed E-state index contributed by atoms with van der Waals surface area (Å²) in [5.74, 6) is 0. The number of rotatable bonds is 3. The monoisotopic (exact) mass is 181 g/mol. The molecule has 0 unspecified atom stereocenters. The molecule has 0 spiro atoms. The zero-order valence-electron chi connectivity index (χ0n) is 6.95. The average Bonchev–Trinajstić information content (AvgIpc) is 2.74. The van der Waals surface area contributed by atoms with E-state index in [2.05, 4.69) is 15.5 Å². The van der Waals surface area contributed by atoms with Gasteiger partial charge in [0.15, 0.2) is 0 Å². The van der Waals surface area contributed by atoms with Gasteiger partial charge < -0.3 is 5.43 Å². The van der Waals surface area contributed by atoms with Crippen molar-refractivity contribution in [2.24, 2.45) is 5.10 Å². The van der Waals surface area contributed by atoms with Gasteiger partial charge in [0.05, 0.1) is 16.9 Å². The van der Waals surface area contributed by atoms with Crippen molar-refractivity contribution in [3.63, 3.8) is 0 Å². The molecule has 0 radical (unpaired) electrons. The maximum Gasteiger partial charge on any atom is 0.0968 e. The van der Waals surface area contributed by atoms with Crippen LogP contribution in [-0.4, -0.2) is 16.7 Å². The van der Waals surface area contributed by atoms with Crippen molar-refractivity contribution in [1.82, 2.24) is 10.4 Å². The van der Waals surface area contributed by atoms with Crippen LogP contribution in [0.1, 0.15) is 25.5 Å².